The lowest BCUT2D eigenvalue weighted by atomic mass is 10.2. The Morgan fingerprint density at radius 3 is 2.38 bits per heavy atom. The second-order valence-electron chi connectivity index (χ2n) is 5.10. The van der Waals surface area contributed by atoms with Crippen molar-refractivity contribution < 1.29 is 18.7 Å². The van der Waals surface area contributed by atoms with Gasteiger partial charge in [0.25, 0.3) is 11.8 Å². The van der Waals surface area contributed by atoms with Crippen LogP contribution in [0.15, 0.2) is 53.5 Å². The number of benzene rings is 2. The first-order valence-electron chi connectivity index (χ1n) is 7.37. The number of carbonyl (C=O) groups excluding carboxylic acids is 2. The Kier molecular flexibility index (Phi) is 4.90. The van der Waals surface area contributed by atoms with Crippen LogP contribution in [0.2, 0.25) is 0 Å². The van der Waals surface area contributed by atoms with Gasteiger partial charge in [0.05, 0.1) is 12.8 Å². The SMILES string of the molecule is COc1ccc(-n2nc(C(N)=O)c(=NC(=O)c3ccc(F)cc3)s2)cc1. The highest BCUT2D eigenvalue weighted by atomic mass is 32.1. The van der Waals surface area contributed by atoms with Gasteiger partial charge in [0.2, 0.25) is 0 Å². The highest BCUT2D eigenvalue weighted by Gasteiger charge is 2.14. The summed E-state index contributed by atoms with van der Waals surface area (Å²) in [5, 5.41) is 4.11. The number of halogens is 1. The highest BCUT2D eigenvalue weighted by Crippen LogP contribution is 2.15. The van der Waals surface area contributed by atoms with E-state index in [2.05, 4.69) is 10.1 Å². The molecule has 0 aliphatic rings. The van der Waals surface area contributed by atoms with Crippen LogP contribution in [0.5, 0.6) is 5.75 Å². The zero-order chi connectivity index (χ0) is 18.7. The second-order valence-corrected chi connectivity index (χ2v) is 6.02. The van der Waals surface area contributed by atoms with E-state index in [0.29, 0.717) is 11.4 Å². The van der Waals surface area contributed by atoms with Gasteiger partial charge in [0.15, 0.2) is 10.4 Å². The fourth-order valence-corrected chi connectivity index (χ4v) is 2.94. The van der Waals surface area contributed by atoms with Crippen molar-refractivity contribution in [3.8, 4) is 11.4 Å². The molecule has 0 aliphatic heterocycles. The molecule has 0 saturated heterocycles. The minimum absolute atomic E-state index is 0.0719. The van der Waals surface area contributed by atoms with Gasteiger partial charge in [-0.25, -0.2) is 4.39 Å². The minimum atomic E-state index is -0.806. The second kappa shape index (κ2) is 7.28. The molecule has 3 rings (SSSR count). The number of hydrogen-bond donors (Lipinski definition) is 1. The molecule has 26 heavy (non-hydrogen) atoms. The van der Waals surface area contributed by atoms with Crippen molar-refractivity contribution in [3.63, 3.8) is 0 Å². The third kappa shape index (κ3) is 3.67. The largest absolute Gasteiger partial charge is 0.497 e. The predicted octanol–water partition coefficient (Wildman–Crippen LogP) is 1.92. The van der Waals surface area contributed by atoms with Gasteiger partial charge >= 0.3 is 0 Å². The van der Waals surface area contributed by atoms with Crippen LogP contribution in [0.1, 0.15) is 20.8 Å². The van der Waals surface area contributed by atoms with Crippen LogP contribution >= 0.6 is 11.5 Å². The van der Waals surface area contributed by atoms with Crippen LogP contribution < -0.4 is 15.1 Å². The lowest BCUT2D eigenvalue weighted by Crippen LogP contribution is -2.20. The van der Waals surface area contributed by atoms with Gasteiger partial charge in [-0.15, -0.1) is 5.10 Å². The quantitative estimate of drug-likeness (QED) is 0.756. The van der Waals surface area contributed by atoms with Crippen molar-refractivity contribution in [2.45, 2.75) is 0 Å². The molecule has 2 amide bonds. The maximum atomic E-state index is 13.0. The molecule has 2 aromatic carbocycles. The molecule has 0 radical (unpaired) electrons. The number of nitrogens with two attached hydrogens (primary N) is 1. The van der Waals surface area contributed by atoms with Crippen LogP contribution in [-0.2, 0) is 0 Å². The number of ether oxygens (including phenoxy) is 1. The molecule has 1 heterocycles. The van der Waals surface area contributed by atoms with Crippen molar-refractivity contribution in [2.75, 3.05) is 7.11 Å². The molecule has 3 aromatic rings. The fraction of sp³-hybridized carbons (Fsp3) is 0.0588. The summed E-state index contributed by atoms with van der Waals surface area (Å²) in [6.45, 7) is 0. The van der Waals surface area contributed by atoms with E-state index in [1.54, 1.807) is 31.4 Å². The average Bonchev–Trinajstić information content (AvgIpc) is 3.06. The maximum absolute atomic E-state index is 13.0. The molecule has 9 heteroatoms. The number of methoxy groups -OCH3 is 1. The van der Waals surface area contributed by atoms with Crippen molar-refractivity contribution in [1.29, 1.82) is 0 Å². The van der Waals surface area contributed by atoms with E-state index in [0.717, 1.165) is 23.7 Å². The van der Waals surface area contributed by atoms with Gasteiger partial charge in [-0.1, -0.05) is 0 Å². The average molecular weight is 372 g/mol. The summed E-state index contributed by atoms with van der Waals surface area (Å²) in [5.74, 6) is -1.23. The number of hydrogen-bond acceptors (Lipinski definition) is 5. The Labute approximate surface area is 151 Å². The van der Waals surface area contributed by atoms with Crippen molar-refractivity contribution in [2.24, 2.45) is 10.7 Å². The van der Waals surface area contributed by atoms with Gasteiger partial charge in [0.1, 0.15) is 11.6 Å². The third-order valence-electron chi connectivity index (χ3n) is 3.39. The first-order valence-corrected chi connectivity index (χ1v) is 8.15. The van der Waals surface area contributed by atoms with Crippen LogP contribution in [0.3, 0.4) is 0 Å². The Hall–Kier alpha value is -3.33. The number of primary amides is 1. The molecule has 7 nitrogen and oxygen atoms in total. The number of rotatable bonds is 4. The molecule has 0 unspecified atom stereocenters. The number of aromatic nitrogens is 2. The summed E-state index contributed by atoms with van der Waals surface area (Å²) < 4.78 is 19.6. The number of carbonyl (C=O) groups is 2. The Bertz CT molecular complexity index is 1020. The van der Waals surface area contributed by atoms with E-state index in [1.165, 1.54) is 16.2 Å². The summed E-state index contributed by atoms with van der Waals surface area (Å²) >= 11 is 0.983. The van der Waals surface area contributed by atoms with Gasteiger partial charge in [-0.3, -0.25) is 9.59 Å². The van der Waals surface area contributed by atoms with Crippen LogP contribution in [0.4, 0.5) is 4.39 Å². The topological polar surface area (TPSA) is 99.6 Å². The van der Waals surface area contributed by atoms with Gasteiger partial charge < -0.3 is 10.5 Å². The molecule has 132 valence electrons. The van der Waals surface area contributed by atoms with E-state index >= 15 is 0 Å². The molecular formula is C17H13FN4O3S. The summed E-state index contributed by atoms with van der Waals surface area (Å²) in [6.07, 6.45) is 0. The lowest BCUT2D eigenvalue weighted by molar-refractivity contribution is 0.0994. The summed E-state index contributed by atoms with van der Waals surface area (Å²) in [7, 11) is 1.55. The fourth-order valence-electron chi connectivity index (χ4n) is 2.08. The summed E-state index contributed by atoms with van der Waals surface area (Å²) in [4.78, 5) is 27.8. The van der Waals surface area contributed by atoms with Crippen molar-refractivity contribution >= 4 is 23.3 Å². The minimum Gasteiger partial charge on any atom is -0.497 e. The number of nitrogens with zero attached hydrogens (tertiary/aromatic N) is 3. The van der Waals surface area contributed by atoms with E-state index in [9.17, 15) is 14.0 Å². The smallest absolute Gasteiger partial charge is 0.278 e. The van der Waals surface area contributed by atoms with Crippen molar-refractivity contribution in [3.05, 3.63) is 70.3 Å². The van der Waals surface area contributed by atoms with Crippen LogP contribution in [-0.4, -0.2) is 28.1 Å². The zero-order valence-electron chi connectivity index (χ0n) is 13.5. The van der Waals surface area contributed by atoms with Gasteiger partial charge in [-0.2, -0.15) is 9.06 Å². The standard InChI is InChI=1S/C17H13FN4O3S/c1-25-13-8-6-12(7-9-13)22-21-14(15(19)23)17(26-22)20-16(24)10-2-4-11(18)5-3-10/h2-9H,1H3,(H2,19,23). The molecular weight excluding hydrogens is 359 g/mol. The van der Waals surface area contributed by atoms with Gasteiger partial charge in [-0.05, 0) is 60.1 Å². The Balaban J connectivity index is 2.02. The molecule has 0 bridgehead atoms. The molecule has 0 atom stereocenters. The maximum Gasteiger partial charge on any atom is 0.278 e. The lowest BCUT2D eigenvalue weighted by Gasteiger charge is -2.01. The molecule has 0 saturated carbocycles. The molecule has 0 fully saturated rings. The summed E-state index contributed by atoms with van der Waals surface area (Å²) in [6, 6.07) is 11.9. The summed E-state index contributed by atoms with van der Waals surface area (Å²) in [5.41, 5.74) is 6.05. The predicted molar refractivity (Wildman–Crippen MR) is 92.8 cm³/mol. The van der Waals surface area contributed by atoms with E-state index in [1.807, 2.05) is 0 Å². The molecule has 0 aliphatic carbocycles. The molecule has 2 N–H and O–H groups in total. The van der Waals surface area contributed by atoms with Gasteiger partial charge in [0, 0.05) is 5.56 Å². The Morgan fingerprint density at radius 1 is 1.15 bits per heavy atom. The molecule has 0 spiro atoms. The molecule has 1 aromatic heterocycles. The van der Waals surface area contributed by atoms with E-state index < -0.39 is 17.6 Å². The van der Waals surface area contributed by atoms with E-state index in [-0.39, 0.29) is 15.9 Å². The first-order chi connectivity index (χ1) is 12.5. The number of amides is 2. The first kappa shape index (κ1) is 17.5. The highest BCUT2D eigenvalue weighted by molar-refractivity contribution is 7.04. The Morgan fingerprint density at radius 2 is 1.81 bits per heavy atom. The normalized spacial score (nSPS) is 11.4. The zero-order valence-corrected chi connectivity index (χ0v) is 14.4. The van der Waals surface area contributed by atoms with E-state index in [4.69, 9.17) is 10.5 Å². The monoisotopic (exact) mass is 372 g/mol. The van der Waals surface area contributed by atoms with Crippen molar-refractivity contribution in [1.82, 2.24) is 9.17 Å². The third-order valence-corrected chi connectivity index (χ3v) is 4.31. The van der Waals surface area contributed by atoms with Crippen LogP contribution in [0.25, 0.3) is 5.69 Å². The van der Waals surface area contributed by atoms with Crippen LogP contribution in [0, 0.1) is 5.82 Å².